The van der Waals surface area contributed by atoms with Gasteiger partial charge in [-0.25, -0.2) is 9.18 Å². The lowest BCUT2D eigenvalue weighted by Crippen LogP contribution is -2.59. The number of amides is 3. The van der Waals surface area contributed by atoms with Crippen LogP contribution in [0.3, 0.4) is 0 Å². The molecule has 1 aromatic carbocycles. The maximum absolute atomic E-state index is 13.2. The minimum absolute atomic E-state index is 0.0651. The van der Waals surface area contributed by atoms with Gasteiger partial charge in [-0.2, -0.15) is 0 Å². The van der Waals surface area contributed by atoms with Crippen LogP contribution in [-0.4, -0.2) is 53.3 Å². The highest BCUT2D eigenvalue weighted by Crippen LogP contribution is 2.41. The molecule has 3 amide bonds. The van der Waals surface area contributed by atoms with Gasteiger partial charge < -0.3 is 25.8 Å². The lowest BCUT2D eigenvalue weighted by Gasteiger charge is -2.50. The molecule has 2 unspecified atom stereocenters. The third-order valence-electron chi connectivity index (χ3n) is 6.47. The normalized spacial score (nSPS) is 24.6. The summed E-state index contributed by atoms with van der Waals surface area (Å²) in [5, 5.41) is 14.4. The molecule has 180 valence electrons. The van der Waals surface area contributed by atoms with Crippen molar-refractivity contribution in [3.05, 3.63) is 58.5 Å². The van der Waals surface area contributed by atoms with Crippen LogP contribution in [-0.2, 0) is 16.0 Å². The first-order valence-corrected chi connectivity index (χ1v) is 11.4. The Balaban J connectivity index is 1.53. The summed E-state index contributed by atoms with van der Waals surface area (Å²) in [6, 6.07) is 5.43. The van der Waals surface area contributed by atoms with Gasteiger partial charge in [0, 0.05) is 30.0 Å². The van der Waals surface area contributed by atoms with Crippen LogP contribution in [0.1, 0.15) is 38.7 Å². The number of carbonyl (C=O) groups excluding carboxylic acids is 2. The fourth-order valence-corrected chi connectivity index (χ4v) is 4.56. The van der Waals surface area contributed by atoms with E-state index < -0.39 is 23.2 Å². The number of rotatable bonds is 7. The van der Waals surface area contributed by atoms with Crippen molar-refractivity contribution < 1.29 is 23.8 Å². The summed E-state index contributed by atoms with van der Waals surface area (Å²) in [6.07, 6.45) is 4.37. The molecule has 0 bridgehead atoms. The summed E-state index contributed by atoms with van der Waals surface area (Å²) in [4.78, 5) is 25.8. The fourth-order valence-electron chi connectivity index (χ4n) is 4.35. The van der Waals surface area contributed by atoms with E-state index >= 15 is 0 Å². The van der Waals surface area contributed by atoms with Crippen molar-refractivity contribution in [1.29, 1.82) is 0 Å². The van der Waals surface area contributed by atoms with Gasteiger partial charge in [-0.15, -0.1) is 0 Å². The van der Waals surface area contributed by atoms with Crippen LogP contribution in [0.25, 0.3) is 0 Å². The van der Waals surface area contributed by atoms with E-state index in [2.05, 4.69) is 5.32 Å². The molecule has 7 nitrogen and oxygen atoms in total. The van der Waals surface area contributed by atoms with Crippen LogP contribution in [0.4, 0.5) is 9.18 Å². The number of ether oxygens (including phenoxy) is 1. The molecule has 1 saturated heterocycles. The standard InChI is InChI=1S/C24H31ClFN3O4/c1-23(2)15-29(11-10-24(23,32)14-16-3-6-18(26)7-4-16)21(30)9-12-33-20-8-5-17(25)13-19(20)28-22(27)31/h3-7,13,20,32H,8-12,14-15H2,1-2H3,(H3,27,28,31). The number of primary amides is 1. The molecule has 1 aliphatic heterocycles. The van der Waals surface area contributed by atoms with Crippen molar-refractivity contribution in [3.63, 3.8) is 0 Å². The molecule has 1 aliphatic carbocycles. The first-order valence-electron chi connectivity index (χ1n) is 11.0. The summed E-state index contributed by atoms with van der Waals surface area (Å²) < 4.78 is 19.0. The number of benzene rings is 1. The average molecular weight is 480 g/mol. The quantitative estimate of drug-likeness (QED) is 0.558. The van der Waals surface area contributed by atoms with Gasteiger partial charge in [-0.05, 0) is 36.6 Å². The van der Waals surface area contributed by atoms with Crippen molar-refractivity contribution in [3.8, 4) is 0 Å². The lowest BCUT2D eigenvalue weighted by atomic mass is 9.67. The molecule has 0 aromatic heterocycles. The zero-order valence-corrected chi connectivity index (χ0v) is 19.7. The highest BCUT2D eigenvalue weighted by molar-refractivity contribution is 6.31. The molecule has 2 atom stereocenters. The van der Waals surface area contributed by atoms with E-state index in [1.54, 1.807) is 29.2 Å². The van der Waals surface area contributed by atoms with Gasteiger partial charge in [0.2, 0.25) is 5.91 Å². The van der Waals surface area contributed by atoms with E-state index in [4.69, 9.17) is 22.1 Å². The number of piperidine rings is 1. The molecule has 0 saturated carbocycles. The number of carbonyl (C=O) groups is 2. The molecular weight excluding hydrogens is 449 g/mol. The summed E-state index contributed by atoms with van der Waals surface area (Å²) in [7, 11) is 0. The Kier molecular flexibility index (Phi) is 7.82. The second-order valence-corrected chi connectivity index (χ2v) is 9.74. The van der Waals surface area contributed by atoms with Gasteiger partial charge >= 0.3 is 6.03 Å². The van der Waals surface area contributed by atoms with Crippen LogP contribution in [0.5, 0.6) is 0 Å². The smallest absolute Gasteiger partial charge is 0.316 e. The fraction of sp³-hybridized carbons (Fsp3) is 0.500. The second-order valence-electron chi connectivity index (χ2n) is 9.31. The Morgan fingerprint density at radius 3 is 2.67 bits per heavy atom. The first kappa shape index (κ1) is 25.2. The maximum atomic E-state index is 13.2. The molecule has 9 heteroatoms. The van der Waals surface area contributed by atoms with Crippen molar-refractivity contribution in [1.82, 2.24) is 10.2 Å². The third kappa shape index (κ3) is 6.34. The van der Waals surface area contributed by atoms with E-state index in [1.165, 1.54) is 12.1 Å². The van der Waals surface area contributed by atoms with Crippen LogP contribution in [0.15, 0.2) is 47.1 Å². The van der Waals surface area contributed by atoms with Gasteiger partial charge in [0.15, 0.2) is 0 Å². The molecule has 0 radical (unpaired) electrons. The maximum Gasteiger partial charge on any atom is 0.316 e. The SMILES string of the molecule is CC1(C)CN(C(=O)CCOC2CC=C(Cl)C=C2NC(N)=O)CCC1(O)Cc1ccc(F)cc1. The van der Waals surface area contributed by atoms with Crippen molar-refractivity contribution in [2.24, 2.45) is 11.1 Å². The van der Waals surface area contributed by atoms with Crippen LogP contribution in [0, 0.1) is 11.2 Å². The molecule has 3 rings (SSSR count). The summed E-state index contributed by atoms with van der Waals surface area (Å²) >= 11 is 5.99. The van der Waals surface area contributed by atoms with E-state index in [0.717, 1.165) is 5.56 Å². The van der Waals surface area contributed by atoms with Gasteiger partial charge in [0.25, 0.3) is 0 Å². The number of nitrogens with two attached hydrogens (primary N) is 1. The summed E-state index contributed by atoms with van der Waals surface area (Å²) in [6.45, 7) is 4.88. The van der Waals surface area contributed by atoms with Crippen molar-refractivity contribution >= 4 is 23.5 Å². The number of aliphatic hydroxyl groups is 1. The minimum atomic E-state index is -1.01. The second kappa shape index (κ2) is 10.2. The average Bonchev–Trinajstić information content (AvgIpc) is 2.73. The summed E-state index contributed by atoms with van der Waals surface area (Å²) in [5.74, 6) is -0.377. The van der Waals surface area contributed by atoms with Gasteiger partial charge in [0.05, 0.1) is 24.3 Å². The van der Waals surface area contributed by atoms with E-state index in [0.29, 0.717) is 43.1 Å². The minimum Gasteiger partial charge on any atom is -0.389 e. The highest BCUT2D eigenvalue weighted by atomic mass is 35.5. The molecular formula is C24H31ClFN3O4. The zero-order valence-electron chi connectivity index (χ0n) is 18.9. The Morgan fingerprint density at radius 2 is 2.03 bits per heavy atom. The predicted molar refractivity (Wildman–Crippen MR) is 124 cm³/mol. The first-order chi connectivity index (χ1) is 15.5. The number of nitrogens with one attached hydrogen (secondary N) is 1. The molecule has 0 spiro atoms. The van der Waals surface area contributed by atoms with Crippen molar-refractivity contribution in [2.75, 3.05) is 19.7 Å². The number of halogens is 2. The van der Waals surface area contributed by atoms with Crippen molar-refractivity contribution in [2.45, 2.75) is 51.2 Å². The van der Waals surface area contributed by atoms with Crippen LogP contribution >= 0.6 is 11.6 Å². The van der Waals surface area contributed by atoms with Crippen LogP contribution < -0.4 is 11.1 Å². The van der Waals surface area contributed by atoms with Crippen LogP contribution in [0.2, 0.25) is 0 Å². The Morgan fingerprint density at radius 1 is 1.33 bits per heavy atom. The molecule has 4 N–H and O–H groups in total. The zero-order chi connectivity index (χ0) is 24.2. The third-order valence-corrected chi connectivity index (χ3v) is 6.74. The number of hydrogen-bond donors (Lipinski definition) is 3. The van der Waals surface area contributed by atoms with E-state index in [1.807, 2.05) is 13.8 Å². The van der Waals surface area contributed by atoms with E-state index in [-0.39, 0.29) is 24.8 Å². The number of hydrogen-bond acceptors (Lipinski definition) is 4. The lowest BCUT2D eigenvalue weighted by molar-refractivity contribution is -0.151. The predicted octanol–water partition coefficient (Wildman–Crippen LogP) is 3.21. The molecule has 33 heavy (non-hydrogen) atoms. The number of likely N-dealkylation sites (tertiary alicyclic amines) is 1. The van der Waals surface area contributed by atoms with Gasteiger partial charge in [-0.1, -0.05) is 43.7 Å². The Labute approximate surface area is 198 Å². The Bertz CT molecular complexity index is 948. The monoisotopic (exact) mass is 479 g/mol. The molecule has 1 fully saturated rings. The number of allylic oxidation sites excluding steroid dienone is 2. The molecule has 1 heterocycles. The number of nitrogens with zero attached hydrogens (tertiary/aromatic N) is 1. The molecule has 2 aliphatic rings. The molecule has 1 aromatic rings. The highest BCUT2D eigenvalue weighted by Gasteiger charge is 2.48. The Hall–Kier alpha value is -2.42. The van der Waals surface area contributed by atoms with Gasteiger partial charge in [-0.3, -0.25) is 4.79 Å². The largest absolute Gasteiger partial charge is 0.389 e. The topological polar surface area (TPSA) is 105 Å². The number of urea groups is 1. The summed E-state index contributed by atoms with van der Waals surface area (Å²) in [5.41, 5.74) is 4.96. The van der Waals surface area contributed by atoms with E-state index in [9.17, 15) is 19.1 Å². The van der Waals surface area contributed by atoms with Gasteiger partial charge in [0.1, 0.15) is 11.9 Å².